The molecular formula is C18H20N2O3. The van der Waals surface area contributed by atoms with Crippen molar-refractivity contribution in [3.8, 4) is 5.75 Å². The van der Waals surface area contributed by atoms with E-state index in [1.807, 2.05) is 31.2 Å². The number of rotatable bonds is 6. The first-order chi connectivity index (χ1) is 11.1. The fraction of sp³-hybridized carbons (Fsp3) is 0.222. The van der Waals surface area contributed by atoms with Gasteiger partial charge in [0.2, 0.25) is 5.91 Å². The highest BCUT2D eigenvalue weighted by atomic mass is 16.5. The van der Waals surface area contributed by atoms with E-state index in [0.717, 1.165) is 11.3 Å². The lowest BCUT2D eigenvalue weighted by Gasteiger charge is -2.08. The van der Waals surface area contributed by atoms with E-state index >= 15 is 0 Å². The molecule has 0 spiro atoms. The molecule has 0 fully saturated rings. The van der Waals surface area contributed by atoms with Crippen molar-refractivity contribution in [1.29, 1.82) is 0 Å². The monoisotopic (exact) mass is 312 g/mol. The van der Waals surface area contributed by atoms with Crippen LogP contribution in [0.25, 0.3) is 0 Å². The van der Waals surface area contributed by atoms with Crippen LogP contribution in [0.4, 0.5) is 5.69 Å². The Morgan fingerprint density at radius 1 is 1.09 bits per heavy atom. The second kappa shape index (κ2) is 7.98. The van der Waals surface area contributed by atoms with E-state index in [0.29, 0.717) is 11.3 Å². The Morgan fingerprint density at radius 3 is 2.52 bits per heavy atom. The molecule has 2 aromatic rings. The number of nitrogens with one attached hydrogen (secondary N) is 2. The first-order valence-corrected chi connectivity index (χ1v) is 7.37. The summed E-state index contributed by atoms with van der Waals surface area (Å²) in [5, 5.41) is 5.51. The maximum atomic E-state index is 12.0. The van der Waals surface area contributed by atoms with Crippen LogP contribution in [0.3, 0.4) is 0 Å². The molecule has 0 saturated heterocycles. The summed E-state index contributed by atoms with van der Waals surface area (Å²) in [5.74, 6) is 0.251. The fourth-order valence-corrected chi connectivity index (χ4v) is 2.02. The molecular weight excluding hydrogens is 292 g/mol. The van der Waals surface area contributed by atoms with E-state index in [-0.39, 0.29) is 24.8 Å². The molecule has 0 aliphatic rings. The number of anilines is 1. The number of methoxy groups -OCH3 is 1. The van der Waals surface area contributed by atoms with Crippen molar-refractivity contribution in [3.63, 3.8) is 0 Å². The summed E-state index contributed by atoms with van der Waals surface area (Å²) in [7, 11) is 1.55. The maximum absolute atomic E-state index is 12.0. The molecule has 0 heterocycles. The highest BCUT2D eigenvalue weighted by Gasteiger charge is 2.08. The predicted octanol–water partition coefficient (Wildman–Crippen LogP) is 2.76. The van der Waals surface area contributed by atoms with Gasteiger partial charge in [-0.2, -0.15) is 0 Å². The number of amides is 2. The molecule has 2 N–H and O–H groups in total. The second-order valence-corrected chi connectivity index (χ2v) is 5.15. The Kier molecular flexibility index (Phi) is 5.74. The zero-order chi connectivity index (χ0) is 16.7. The van der Waals surface area contributed by atoms with Gasteiger partial charge in [-0.1, -0.05) is 23.8 Å². The number of aryl methyl sites for hydroxylation is 1. The second-order valence-electron chi connectivity index (χ2n) is 5.15. The minimum Gasteiger partial charge on any atom is -0.497 e. The topological polar surface area (TPSA) is 67.4 Å². The van der Waals surface area contributed by atoms with Crippen LogP contribution in [0.2, 0.25) is 0 Å². The van der Waals surface area contributed by atoms with Gasteiger partial charge in [-0.3, -0.25) is 9.59 Å². The van der Waals surface area contributed by atoms with E-state index in [4.69, 9.17) is 4.74 Å². The van der Waals surface area contributed by atoms with Crippen molar-refractivity contribution in [2.75, 3.05) is 19.0 Å². The number of benzene rings is 2. The molecule has 23 heavy (non-hydrogen) atoms. The molecule has 5 nitrogen and oxygen atoms in total. The number of carbonyl (C=O) groups is 2. The summed E-state index contributed by atoms with van der Waals surface area (Å²) in [5.41, 5.74) is 2.39. The fourth-order valence-electron chi connectivity index (χ4n) is 2.02. The Bertz CT molecular complexity index is 681. The highest BCUT2D eigenvalue weighted by molar-refractivity contribution is 5.95. The van der Waals surface area contributed by atoms with Gasteiger partial charge >= 0.3 is 0 Å². The van der Waals surface area contributed by atoms with E-state index in [9.17, 15) is 9.59 Å². The number of carbonyl (C=O) groups excluding carboxylic acids is 2. The van der Waals surface area contributed by atoms with Gasteiger partial charge in [-0.25, -0.2) is 0 Å². The van der Waals surface area contributed by atoms with Crippen LogP contribution in [0.15, 0.2) is 48.5 Å². The Morgan fingerprint density at radius 2 is 1.83 bits per heavy atom. The van der Waals surface area contributed by atoms with E-state index in [1.54, 1.807) is 31.4 Å². The molecule has 0 aliphatic heterocycles. The molecule has 0 radical (unpaired) electrons. The maximum Gasteiger partial charge on any atom is 0.251 e. The van der Waals surface area contributed by atoms with Crippen molar-refractivity contribution in [3.05, 3.63) is 59.7 Å². The largest absolute Gasteiger partial charge is 0.497 e. The highest BCUT2D eigenvalue weighted by Crippen LogP contribution is 2.12. The standard InChI is InChI=1S/C18H20N2O3/c1-13-6-8-15(9-7-13)20-17(21)10-11-19-18(22)14-4-3-5-16(12-14)23-2/h3-9,12H,10-11H2,1-2H3,(H,19,22)(H,20,21). The lowest BCUT2D eigenvalue weighted by molar-refractivity contribution is -0.116. The van der Waals surface area contributed by atoms with Crippen molar-refractivity contribution in [2.24, 2.45) is 0 Å². The molecule has 120 valence electrons. The van der Waals surface area contributed by atoms with Gasteiger partial charge in [-0.15, -0.1) is 0 Å². The van der Waals surface area contributed by atoms with Crippen LogP contribution in [-0.4, -0.2) is 25.5 Å². The third-order valence-corrected chi connectivity index (χ3v) is 3.30. The van der Waals surface area contributed by atoms with Gasteiger partial charge in [0.05, 0.1) is 7.11 Å². The molecule has 0 bridgehead atoms. The average Bonchev–Trinajstić information content (AvgIpc) is 2.57. The minimum atomic E-state index is -0.230. The van der Waals surface area contributed by atoms with Gasteiger partial charge in [-0.05, 0) is 37.3 Å². The third kappa shape index (κ3) is 5.14. The van der Waals surface area contributed by atoms with Crippen molar-refractivity contribution < 1.29 is 14.3 Å². The van der Waals surface area contributed by atoms with E-state index in [2.05, 4.69) is 10.6 Å². The smallest absolute Gasteiger partial charge is 0.251 e. The normalized spacial score (nSPS) is 10.0. The first-order valence-electron chi connectivity index (χ1n) is 7.37. The van der Waals surface area contributed by atoms with E-state index in [1.165, 1.54) is 0 Å². The van der Waals surface area contributed by atoms with Crippen LogP contribution >= 0.6 is 0 Å². The zero-order valence-corrected chi connectivity index (χ0v) is 13.3. The van der Waals surface area contributed by atoms with Crippen LogP contribution in [0.5, 0.6) is 5.75 Å². The summed E-state index contributed by atoms with van der Waals surface area (Å²) in [6, 6.07) is 14.4. The summed E-state index contributed by atoms with van der Waals surface area (Å²) in [6.07, 6.45) is 0.212. The average molecular weight is 312 g/mol. The van der Waals surface area contributed by atoms with Gasteiger partial charge in [0.1, 0.15) is 5.75 Å². The molecule has 2 aromatic carbocycles. The SMILES string of the molecule is COc1cccc(C(=O)NCCC(=O)Nc2ccc(C)cc2)c1. The molecule has 0 atom stereocenters. The molecule has 0 unspecified atom stereocenters. The molecule has 0 aliphatic carbocycles. The molecule has 5 heteroatoms. The summed E-state index contributed by atoms with van der Waals surface area (Å²) >= 11 is 0. The Balaban J connectivity index is 1.78. The van der Waals surface area contributed by atoms with Gasteiger partial charge in [0.15, 0.2) is 0 Å². The van der Waals surface area contributed by atoms with Crippen LogP contribution in [0, 0.1) is 6.92 Å². The number of ether oxygens (including phenoxy) is 1. The van der Waals surface area contributed by atoms with Crippen LogP contribution in [-0.2, 0) is 4.79 Å². The number of hydrogen-bond acceptors (Lipinski definition) is 3. The minimum absolute atomic E-state index is 0.139. The van der Waals surface area contributed by atoms with Crippen molar-refractivity contribution >= 4 is 17.5 Å². The summed E-state index contributed by atoms with van der Waals surface area (Å²) in [4.78, 5) is 23.8. The molecule has 0 saturated carbocycles. The molecule has 2 amide bonds. The van der Waals surface area contributed by atoms with Crippen molar-refractivity contribution in [2.45, 2.75) is 13.3 Å². The quantitative estimate of drug-likeness (QED) is 0.862. The number of hydrogen-bond donors (Lipinski definition) is 2. The summed E-state index contributed by atoms with van der Waals surface area (Å²) < 4.78 is 5.08. The lowest BCUT2D eigenvalue weighted by atomic mass is 10.2. The van der Waals surface area contributed by atoms with E-state index < -0.39 is 0 Å². The molecule has 0 aromatic heterocycles. The van der Waals surface area contributed by atoms with Gasteiger partial charge < -0.3 is 15.4 Å². The lowest BCUT2D eigenvalue weighted by Crippen LogP contribution is -2.27. The first kappa shape index (κ1) is 16.5. The van der Waals surface area contributed by atoms with Crippen LogP contribution < -0.4 is 15.4 Å². The van der Waals surface area contributed by atoms with Gasteiger partial charge in [0.25, 0.3) is 5.91 Å². The summed E-state index contributed by atoms with van der Waals surface area (Å²) in [6.45, 7) is 2.26. The van der Waals surface area contributed by atoms with Gasteiger partial charge in [0, 0.05) is 24.2 Å². The Hall–Kier alpha value is -2.82. The molecule has 2 rings (SSSR count). The third-order valence-electron chi connectivity index (χ3n) is 3.30. The van der Waals surface area contributed by atoms with Crippen molar-refractivity contribution in [1.82, 2.24) is 5.32 Å². The zero-order valence-electron chi connectivity index (χ0n) is 13.3. The van der Waals surface area contributed by atoms with Crippen LogP contribution in [0.1, 0.15) is 22.3 Å². The Labute approximate surface area is 135 Å². The predicted molar refractivity (Wildman–Crippen MR) is 89.8 cm³/mol.